The fourth-order valence-corrected chi connectivity index (χ4v) is 3.51. The van der Waals surface area contributed by atoms with Crippen molar-refractivity contribution in [2.45, 2.75) is 13.8 Å². The van der Waals surface area contributed by atoms with E-state index in [-0.39, 0.29) is 21.2 Å². The van der Waals surface area contributed by atoms with E-state index in [4.69, 9.17) is 0 Å². The molecule has 0 aromatic carbocycles. The van der Waals surface area contributed by atoms with Gasteiger partial charge in [-0.2, -0.15) is 0 Å². The van der Waals surface area contributed by atoms with E-state index < -0.39 is 0 Å². The van der Waals surface area contributed by atoms with Crippen LogP contribution in [-0.2, 0) is 0 Å². The zero-order valence-corrected chi connectivity index (χ0v) is 10.8. The number of rotatable bonds is 2. The van der Waals surface area contributed by atoms with Gasteiger partial charge in [-0.05, 0) is 0 Å². The van der Waals surface area contributed by atoms with Gasteiger partial charge < -0.3 is 0 Å². The van der Waals surface area contributed by atoms with Crippen LogP contribution in [0.15, 0.2) is 30.7 Å². The number of nitrogens with zero attached hydrogens (tertiary/aromatic N) is 3. The minimum atomic E-state index is -0.267. The molecule has 0 bridgehead atoms. The van der Waals surface area contributed by atoms with Crippen LogP contribution >= 0.6 is 0 Å². The summed E-state index contributed by atoms with van der Waals surface area (Å²) in [6.07, 6.45) is 3.48. The summed E-state index contributed by atoms with van der Waals surface area (Å²) >= 11 is -0.267. The molecular weight excluding hydrogens is 301 g/mol. The number of pyridine rings is 1. The summed E-state index contributed by atoms with van der Waals surface area (Å²) in [5.41, 5.74) is 2.28. The summed E-state index contributed by atoms with van der Waals surface area (Å²) in [4.78, 5) is 12.7. The van der Waals surface area contributed by atoms with Crippen LogP contribution in [0.3, 0.4) is 0 Å². The van der Waals surface area contributed by atoms with Crippen LogP contribution in [0, 0.1) is 21.2 Å². The molecule has 2 aromatic heterocycles. The van der Waals surface area contributed by atoms with E-state index in [1.807, 2.05) is 25.3 Å². The van der Waals surface area contributed by atoms with Crippen molar-refractivity contribution in [3.05, 3.63) is 49.4 Å². The van der Waals surface area contributed by atoms with Crippen molar-refractivity contribution in [1.29, 1.82) is 0 Å². The Morgan fingerprint density at radius 2 is 1.80 bits per heavy atom. The van der Waals surface area contributed by atoms with Crippen molar-refractivity contribution < 1.29 is 21.2 Å². The molecule has 78 valence electrons. The Kier molecular flexibility index (Phi) is 3.25. The molecule has 0 spiro atoms. The molecule has 0 N–H and O–H groups in total. The molecule has 0 fully saturated rings. The maximum atomic E-state index is 4.35. The Balaban J connectivity index is 2.22. The first-order valence-corrected chi connectivity index (χ1v) is 6.76. The topological polar surface area (TPSA) is 38.7 Å². The molecule has 0 amide bonds. The molecule has 4 heteroatoms. The Hall–Kier alpha value is -1.04. The van der Waals surface area contributed by atoms with Gasteiger partial charge in [-0.3, -0.25) is 0 Å². The Morgan fingerprint density at radius 3 is 2.53 bits per heavy atom. The molecule has 0 atom stereocenters. The first kappa shape index (κ1) is 10.5. The number of halogens is 1. The number of hydrogen-bond acceptors (Lipinski definition) is 3. The quantitative estimate of drug-likeness (QED) is 0.390. The van der Waals surface area contributed by atoms with Crippen molar-refractivity contribution in [2.24, 2.45) is 0 Å². The Bertz CT molecular complexity index is 427. The standard InChI is InChI=1S/C11H11IN3/c1-8-3-4-13-10(5-8)12-11-6-9(2)14-7-15-11/h3-7H,1-2H3/q-1. The zero-order valence-electron chi connectivity index (χ0n) is 8.61. The van der Waals surface area contributed by atoms with Gasteiger partial charge in [-0.15, -0.1) is 0 Å². The molecule has 0 radical (unpaired) electrons. The summed E-state index contributed by atoms with van der Waals surface area (Å²) < 4.78 is 2.28. The summed E-state index contributed by atoms with van der Waals surface area (Å²) in [6.45, 7) is 4.07. The van der Waals surface area contributed by atoms with Gasteiger partial charge in [0.15, 0.2) is 0 Å². The SMILES string of the molecule is Cc1ccnc([I-]c2cc(C)ncn2)c1. The van der Waals surface area contributed by atoms with E-state index in [0.717, 1.165) is 13.1 Å². The maximum absolute atomic E-state index is 4.35. The Labute approximate surface area is 99.3 Å². The van der Waals surface area contributed by atoms with Crippen LogP contribution in [0.5, 0.6) is 0 Å². The van der Waals surface area contributed by atoms with Gasteiger partial charge in [-0.1, -0.05) is 0 Å². The van der Waals surface area contributed by atoms with E-state index in [0.29, 0.717) is 0 Å². The first-order chi connectivity index (χ1) is 7.24. The monoisotopic (exact) mass is 312 g/mol. The zero-order chi connectivity index (χ0) is 10.7. The van der Waals surface area contributed by atoms with Gasteiger partial charge in [0.2, 0.25) is 0 Å². The van der Waals surface area contributed by atoms with E-state index in [9.17, 15) is 0 Å². The summed E-state index contributed by atoms with van der Waals surface area (Å²) in [7, 11) is 0. The van der Waals surface area contributed by atoms with E-state index in [1.165, 1.54) is 5.56 Å². The van der Waals surface area contributed by atoms with Gasteiger partial charge in [0.1, 0.15) is 0 Å². The van der Waals surface area contributed by atoms with E-state index >= 15 is 0 Å². The van der Waals surface area contributed by atoms with Crippen LogP contribution in [0.4, 0.5) is 0 Å². The van der Waals surface area contributed by atoms with Crippen LogP contribution in [-0.4, -0.2) is 15.0 Å². The van der Waals surface area contributed by atoms with E-state index in [2.05, 4.69) is 27.9 Å². The molecule has 2 aromatic rings. The van der Waals surface area contributed by atoms with Crippen molar-refractivity contribution in [1.82, 2.24) is 15.0 Å². The molecule has 2 heterocycles. The molecular formula is C11H11IN3-. The predicted molar refractivity (Wildman–Crippen MR) is 53.1 cm³/mol. The third kappa shape index (κ3) is 2.95. The molecule has 3 nitrogen and oxygen atoms in total. The number of hydrogen-bond donors (Lipinski definition) is 0. The fourth-order valence-electron chi connectivity index (χ4n) is 1.12. The van der Waals surface area contributed by atoms with Crippen molar-refractivity contribution in [3.8, 4) is 0 Å². The third-order valence-electron chi connectivity index (χ3n) is 1.85. The van der Waals surface area contributed by atoms with Gasteiger partial charge in [0.25, 0.3) is 0 Å². The molecule has 0 unspecified atom stereocenters. The molecule has 0 aliphatic heterocycles. The van der Waals surface area contributed by atoms with Crippen LogP contribution in [0.2, 0.25) is 0 Å². The van der Waals surface area contributed by atoms with Crippen LogP contribution < -0.4 is 21.2 Å². The third-order valence-corrected chi connectivity index (χ3v) is 4.13. The minimum absolute atomic E-state index is 0.267. The molecule has 0 saturated heterocycles. The summed E-state index contributed by atoms with van der Waals surface area (Å²) in [6, 6.07) is 6.18. The Morgan fingerprint density at radius 1 is 1.00 bits per heavy atom. The second-order valence-electron chi connectivity index (χ2n) is 3.23. The van der Waals surface area contributed by atoms with Crippen molar-refractivity contribution in [2.75, 3.05) is 0 Å². The molecule has 0 aliphatic carbocycles. The van der Waals surface area contributed by atoms with Crippen LogP contribution in [0.1, 0.15) is 11.3 Å². The van der Waals surface area contributed by atoms with Crippen LogP contribution in [0.25, 0.3) is 0 Å². The van der Waals surface area contributed by atoms with Gasteiger partial charge in [-0.25, -0.2) is 0 Å². The van der Waals surface area contributed by atoms with Crippen molar-refractivity contribution in [3.63, 3.8) is 0 Å². The molecule has 0 saturated carbocycles. The van der Waals surface area contributed by atoms with Gasteiger partial charge in [0, 0.05) is 0 Å². The number of aromatic nitrogens is 3. The first-order valence-electron chi connectivity index (χ1n) is 4.60. The predicted octanol–water partition coefficient (Wildman–Crippen LogP) is -1.38. The molecule has 15 heavy (non-hydrogen) atoms. The summed E-state index contributed by atoms with van der Waals surface area (Å²) in [5, 5.41) is 0. The second kappa shape index (κ2) is 4.65. The average Bonchev–Trinajstić information content (AvgIpc) is 2.17. The van der Waals surface area contributed by atoms with Crippen molar-refractivity contribution >= 4 is 0 Å². The van der Waals surface area contributed by atoms with Gasteiger partial charge in [0.05, 0.1) is 0 Å². The number of aryl methyl sites for hydroxylation is 2. The molecule has 0 aliphatic rings. The fraction of sp³-hybridized carbons (Fsp3) is 0.182. The van der Waals surface area contributed by atoms with Gasteiger partial charge >= 0.3 is 99.4 Å². The summed E-state index contributed by atoms with van der Waals surface area (Å²) in [5.74, 6) is 0. The molecule has 2 rings (SSSR count). The second-order valence-corrected chi connectivity index (χ2v) is 5.98. The average molecular weight is 312 g/mol. The van der Waals surface area contributed by atoms with E-state index in [1.54, 1.807) is 6.33 Å². The normalized spacial score (nSPS) is 10.5.